The van der Waals surface area contributed by atoms with Gasteiger partial charge in [-0.25, -0.2) is 0 Å². The van der Waals surface area contributed by atoms with Crippen LogP contribution in [0.3, 0.4) is 0 Å². The zero-order valence-electron chi connectivity index (χ0n) is 27.4. The molecule has 226 valence electrons. The highest BCUT2D eigenvalue weighted by atomic mass is 15.1. The van der Waals surface area contributed by atoms with Gasteiger partial charge in [-0.3, -0.25) is 0 Å². The van der Waals surface area contributed by atoms with E-state index in [2.05, 4.69) is 184 Å². The summed E-state index contributed by atoms with van der Waals surface area (Å²) in [6.07, 6.45) is 0. The lowest BCUT2D eigenvalue weighted by atomic mass is 9.82. The standard InChI is InChI=1S/C46H37N/c1-45(2)40-16-10-8-14-37(40)39-29-35(24-27-42(39)45)47(33-21-18-31(19-22-33)30-12-6-5-7-13-30)34-23-25-36-32(28-34)20-26-43-44(36)38-15-9-11-17-41(38)46(43,3)4/h5-29H,1-4H3. The summed E-state index contributed by atoms with van der Waals surface area (Å²) in [5.41, 5.74) is 16.9. The first-order chi connectivity index (χ1) is 22.8. The van der Waals surface area contributed by atoms with Gasteiger partial charge in [-0.05, 0) is 103 Å². The molecule has 0 heterocycles. The third-order valence-corrected chi connectivity index (χ3v) is 10.9. The maximum Gasteiger partial charge on any atom is 0.0468 e. The molecule has 47 heavy (non-hydrogen) atoms. The van der Waals surface area contributed by atoms with Gasteiger partial charge in [0.1, 0.15) is 0 Å². The predicted molar refractivity (Wildman–Crippen MR) is 199 cm³/mol. The fraction of sp³-hybridized carbons (Fsp3) is 0.130. The molecule has 1 nitrogen and oxygen atoms in total. The molecular formula is C46H37N. The van der Waals surface area contributed by atoms with Crippen molar-refractivity contribution in [2.45, 2.75) is 38.5 Å². The third kappa shape index (κ3) is 4.09. The molecule has 0 bridgehead atoms. The number of anilines is 3. The maximum absolute atomic E-state index is 2.42. The molecule has 0 aliphatic heterocycles. The van der Waals surface area contributed by atoms with Crippen LogP contribution in [0.1, 0.15) is 49.9 Å². The van der Waals surface area contributed by atoms with Crippen molar-refractivity contribution in [1.82, 2.24) is 0 Å². The number of nitrogens with zero attached hydrogens (tertiary/aromatic N) is 1. The van der Waals surface area contributed by atoms with Gasteiger partial charge in [0.2, 0.25) is 0 Å². The Kier molecular flexibility index (Phi) is 5.96. The summed E-state index contributed by atoms with van der Waals surface area (Å²) in [5.74, 6) is 0. The lowest BCUT2D eigenvalue weighted by Gasteiger charge is -2.28. The van der Waals surface area contributed by atoms with E-state index in [-0.39, 0.29) is 10.8 Å². The molecule has 0 aromatic heterocycles. The van der Waals surface area contributed by atoms with E-state index in [1.165, 1.54) is 66.4 Å². The van der Waals surface area contributed by atoms with Crippen molar-refractivity contribution in [3.05, 3.63) is 174 Å². The topological polar surface area (TPSA) is 3.24 Å². The minimum Gasteiger partial charge on any atom is -0.310 e. The van der Waals surface area contributed by atoms with Crippen LogP contribution in [-0.2, 0) is 10.8 Å². The van der Waals surface area contributed by atoms with Crippen LogP contribution < -0.4 is 4.90 Å². The van der Waals surface area contributed by atoms with E-state index in [1.807, 2.05) is 0 Å². The summed E-state index contributed by atoms with van der Waals surface area (Å²) in [5, 5.41) is 2.57. The van der Waals surface area contributed by atoms with E-state index >= 15 is 0 Å². The first-order valence-electron chi connectivity index (χ1n) is 16.7. The summed E-state index contributed by atoms with van der Waals surface area (Å²) in [6, 6.07) is 56.2. The monoisotopic (exact) mass is 603 g/mol. The van der Waals surface area contributed by atoms with Gasteiger partial charge in [-0.15, -0.1) is 0 Å². The normalized spacial score (nSPS) is 14.7. The molecule has 2 aliphatic carbocycles. The lowest BCUT2D eigenvalue weighted by molar-refractivity contribution is 0.660. The van der Waals surface area contributed by atoms with Crippen molar-refractivity contribution in [3.8, 4) is 33.4 Å². The molecule has 0 unspecified atom stereocenters. The number of hydrogen-bond acceptors (Lipinski definition) is 1. The molecule has 0 spiro atoms. The highest BCUT2D eigenvalue weighted by Gasteiger charge is 2.37. The van der Waals surface area contributed by atoms with Crippen LogP contribution in [0, 0.1) is 0 Å². The first-order valence-corrected chi connectivity index (χ1v) is 16.7. The van der Waals surface area contributed by atoms with Crippen LogP contribution in [0.15, 0.2) is 152 Å². The fourth-order valence-corrected chi connectivity index (χ4v) is 8.39. The van der Waals surface area contributed by atoms with Gasteiger partial charge in [-0.1, -0.05) is 143 Å². The number of benzene rings is 7. The Morgan fingerprint density at radius 3 is 1.68 bits per heavy atom. The van der Waals surface area contributed by atoms with Crippen LogP contribution in [0.2, 0.25) is 0 Å². The van der Waals surface area contributed by atoms with Crippen LogP contribution >= 0.6 is 0 Å². The van der Waals surface area contributed by atoms with E-state index in [1.54, 1.807) is 0 Å². The molecule has 1 heteroatoms. The van der Waals surface area contributed by atoms with Gasteiger partial charge >= 0.3 is 0 Å². The molecular weight excluding hydrogens is 567 g/mol. The average molecular weight is 604 g/mol. The van der Waals surface area contributed by atoms with E-state index < -0.39 is 0 Å². The van der Waals surface area contributed by atoms with Gasteiger partial charge in [0, 0.05) is 27.9 Å². The van der Waals surface area contributed by atoms with Crippen molar-refractivity contribution in [1.29, 1.82) is 0 Å². The Balaban J connectivity index is 1.23. The second-order valence-electron chi connectivity index (χ2n) is 14.2. The quantitative estimate of drug-likeness (QED) is 0.193. The van der Waals surface area contributed by atoms with Gasteiger partial charge in [0.25, 0.3) is 0 Å². The average Bonchev–Trinajstić information content (AvgIpc) is 3.48. The number of fused-ring (bicyclic) bond motifs is 8. The minimum absolute atomic E-state index is 0.0141. The largest absolute Gasteiger partial charge is 0.310 e. The molecule has 7 aromatic rings. The molecule has 0 atom stereocenters. The zero-order chi connectivity index (χ0) is 31.9. The number of rotatable bonds is 4. The highest BCUT2D eigenvalue weighted by Crippen LogP contribution is 2.53. The molecule has 0 saturated carbocycles. The Morgan fingerprint density at radius 2 is 0.915 bits per heavy atom. The third-order valence-electron chi connectivity index (χ3n) is 10.9. The van der Waals surface area contributed by atoms with Gasteiger partial charge < -0.3 is 4.90 Å². The summed E-state index contributed by atoms with van der Waals surface area (Å²) in [6.45, 7) is 9.40. The summed E-state index contributed by atoms with van der Waals surface area (Å²) in [7, 11) is 0. The molecule has 7 aromatic carbocycles. The van der Waals surface area contributed by atoms with Crippen molar-refractivity contribution in [2.24, 2.45) is 0 Å². The van der Waals surface area contributed by atoms with Crippen molar-refractivity contribution in [3.63, 3.8) is 0 Å². The second-order valence-corrected chi connectivity index (χ2v) is 14.2. The van der Waals surface area contributed by atoms with Crippen LogP contribution in [0.25, 0.3) is 44.2 Å². The van der Waals surface area contributed by atoms with E-state index in [0.29, 0.717) is 0 Å². The van der Waals surface area contributed by atoms with E-state index in [0.717, 1.165) is 17.1 Å². The van der Waals surface area contributed by atoms with Gasteiger partial charge in [0.15, 0.2) is 0 Å². The molecule has 0 amide bonds. The molecule has 0 N–H and O–H groups in total. The number of hydrogen-bond donors (Lipinski definition) is 0. The Hall–Kier alpha value is -5.40. The van der Waals surface area contributed by atoms with Gasteiger partial charge in [-0.2, -0.15) is 0 Å². The summed E-state index contributed by atoms with van der Waals surface area (Å²) >= 11 is 0. The molecule has 0 saturated heterocycles. The predicted octanol–water partition coefficient (Wildman–Crippen LogP) is 12.6. The van der Waals surface area contributed by atoms with Crippen LogP contribution in [-0.4, -0.2) is 0 Å². The van der Waals surface area contributed by atoms with Crippen molar-refractivity contribution >= 4 is 27.8 Å². The Morgan fingerprint density at radius 1 is 0.383 bits per heavy atom. The lowest BCUT2D eigenvalue weighted by Crippen LogP contribution is -2.15. The molecule has 0 fully saturated rings. The zero-order valence-corrected chi connectivity index (χ0v) is 27.4. The minimum atomic E-state index is -0.0278. The second kappa shape index (κ2) is 10.0. The van der Waals surface area contributed by atoms with E-state index in [9.17, 15) is 0 Å². The highest BCUT2D eigenvalue weighted by molar-refractivity contribution is 6.04. The van der Waals surface area contributed by atoms with Crippen LogP contribution in [0.5, 0.6) is 0 Å². The fourth-order valence-electron chi connectivity index (χ4n) is 8.39. The van der Waals surface area contributed by atoms with Crippen molar-refractivity contribution < 1.29 is 0 Å². The van der Waals surface area contributed by atoms with Gasteiger partial charge in [0.05, 0.1) is 0 Å². The summed E-state index contributed by atoms with van der Waals surface area (Å²) < 4.78 is 0. The maximum atomic E-state index is 2.42. The van der Waals surface area contributed by atoms with Crippen molar-refractivity contribution in [2.75, 3.05) is 4.90 Å². The first kappa shape index (κ1) is 27.9. The Bertz CT molecular complexity index is 2340. The SMILES string of the molecule is CC1(C)c2ccccc2-c2cc(N(c3ccc(-c4ccccc4)cc3)c3ccc4c5c(ccc4c3)C(C)(C)c3ccccc3-5)ccc21. The van der Waals surface area contributed by atoms with E-state index in [4.69, 9.17) is 0 Å². The smallest absolute Gasteiger partial charge is 0.0468 e. The molecule has 9 rings (SSSR count). The molecule has 0 radical (unpaired) electrons. The summed E-state index contributed by atoms with van der Waals surface area (Å²) in [4.78, 5) is 2.42. The molecule has 2 aliphatic rings. The van der Waals surface area contributed by atoms with Crippen LogP contribution in [0.4, 0.5) is 17.1 Å². The Labute approximate surface area is 277 Å².